The van der Waals surface area contributed by atoms with Gasteiger partial charge in [-0.25, -0.2) is 0 Å². The second kappa shape index (κ2) is 6.42. The van der Waals surface area contributed by atoms with Crippen LogP contribution in [-0.2, 0) is 11.2 Å². The number of nitrogen functional groups attached to an aromatic ring is 1. The molecule has 6 nitrogen and oxygen atoms in total. The van der Waals surface area contributed by atoms with Crippen LogP contribution in [0.3, 0.4) is 0 Å². The Labute approximate surface area is 161 Å². The Morgan fingerprint density at radius 3 is 2.39 bits per heavy atom. The molecule has 5 rings (SSSR count). The lowest BCUT2D eigenvalue weighted by atomic mass is 9.95. The number of benzene rings is 3. The zero-order valence-corrected chi connectivity index (χ0v) is 15.0. The van der Waals surface area contributed by atoms with Crippen LogP contribution >= 0.6 is 0 Å². The highest BCUT2D eigenvalue weighted by Gasteiger charge is 2.28. The Morgan fingerprint density at radius 2 is 1.64 bits per heavy atom. The molecule has 2 heterocycles. The molecule has 3 aromatic carbocycles. The van der Waals surface area contributed by atoms with E-state index in [0.29, 0.717) is 28.6 Å². The van der Waals surface area contributed by atoms with Crippen LogP contribution in [0.5, 0.6) is 11.5 Å². The third-order valence-electron chi connectivity index (χ3n) is 4.82. The van der Waals surface area contributed by atoms with E-state index in [1.807, 2.05) is 42.5 Å². The predicted octanol–water partition coefficient (Wildman–Crippen LogP) is 3.34. The Bertz CT molecular complexity index is 1090. The lowest BCUT2D eigenvalue weighted by molar-refractivity contribution is -0.117. The van der Waals surface area contributed by atoms with Gasteiger partial charge in [-0.1, -0.05) is 30.3 Å². The number of amides is 1. The first-order chi connectivity index (χ1) is 13.7. The van der Waals surface area contributed by atoms with E-state index >= 15 is 0 Å². The molecule has 1 amide bonds. The number of hydrogen-bond acceptors (Lipinski definition) is 5. The number of hydrogen-bond donors (Lipinski definition) is 1. The maximum Gasteiger partial charge on any atom is 0.251 e. The van der Waals surface area contributed by atoms with Gasteiger partial charge in [-0.3, -0.25) is 4.79 Å². The lowest BCUT2D eigenvalue weighted by Crippen LogP contribution is -2.26. The lowest BCUT2D eigenvalue weighted by Gasteiger charge is -2.17. The van der Waals surface area contributed by atoms with E-state index in [4.69, 9.17) is 20.3 Å². The molecular weight excluding hydrogens is 354 g/mol. The minimum atomic E-state index is -0.129. The highest BCUT2D eigenvalue weighted by atomic mass is 16.7. The molecule has 0 fully saturated rings. The summed E-state index contributed by atoms with van der Waals surface area (Å²) in [5.74, 6) is 1.19. The van der Waals surface area contributed by atoms with Crippen molar-refractivity contribution in [2.24, 2.45) is 5.10 Å². The fourth-order valence-electron chi connectivity index (χ4n) is 3.42. The van der Waals surface area contributed by atoms with E-state index in [9.17, 15) is 4.79 Å². The van der Waals surface area contributed by atoms with Crippen LogP contribution in [0.2, 0.25) is 0 Å². The molecule has 6 heteroatoms. The van der Waals surface area contributed by atoms with Crippen LogP contribution in [0.1, 0.15) is 16.7 Å². The van der Waals surface area contributed by atoms with Gasteiger partial charge in [0.05, 0.1) is 17.8 Å². The van der Waals surface area contributed by atoms with Crippen molar-refractivity contribution in [2.45, 2.75) is 6.42 Å². The van der Waals surface area contributed by atoms with Gasteiger partial charge in [0, 0.05) is 16.8 Å². The summed E-state index contributed by atoms with van der Waals surface area (Å²) in [6, 6.07) is 20.7. The van der Waals surface area contributed by atoms with Crippen molar-refractivity contribution in [2.75, 3.05) is 17.5 Å². The first-order valence-electron chi connectivity index (χ1n) is 8.94. The third-order valence-corrected chi connectivity index (χ3v) is 4.82. The van der Waals surface area contributed by atoms with Gasteiger partial charge in [-0.2, -0.15) is 10.1 Å². The Kier molecular flexibility index (Phi) is 3.76. The first kappa shape index (κ1) is 16.4. The highest BCUT2D eigenvalue weighted by Crippen LogP contribution is 2.37. The van der Waals surface area contributed by atoms with Gasteiger partial charge in [0.1, 0.15) is 0 Å². The smallest absolute Gasteiger partial charge is 0.251 e. The standard InChI is InChI=1S/C22H17N3O3/c23-16-6-8-17(9-7-16)25-21(26)11-15-10-19-20(28-13-27-19)12-18(15)22(24-25)14-4-2-1-3-5-14/h1-10,12H,11,13,23H2. The van der Waals surface area contributed by atoms with E-state index in [1.165, 1.54) is 5.01 Å². The van der Waals surface area contributed by atoms with E-state index < -0.39 is 0 Å². The van der Waals surface area contributed by atoms with Crippen molar-refractivity contribution in [3.8, 4) is 11.5 Å². The number of hydrazone groups is 1. The summed E-state index contributed by atoms with van der Waals surface area (Å²) >= 11 is 0. The van der Waals surface area contributed by atoms with Crippen LogP contribution in [0.4, 0.5) is 11.4 Å². The van der Waals surface area contributed by atoms with Crippen molar-refractivity contribution < 1.29 is 14.3 Å². The van der Waals surface area contributed by atoms with Crippen molar-refractivity contribution in [3.05, 3.63) is 83.4 Å². The van der Waals surface area contributed by atoms with Crippen LogP contribution in [-0.4, -0.2) is 18.4 Å². The minimum absolute atomic E-state index is 0.129. The summed E-state index contributed by atoms with van der Waals surface area (Å²) in [5, 5.41) is 6.20. The molecule has 138 valence electrons. The molecule has 0 radical (unpaired) electrons. The monoisotopic (exact) mass is 371 g/mol. The van der Waals surface area contributed by atoms with E-state index in [2.05, 4.69) is 0 Å². The van der Waals surface area contributed by atoms with Gasteiger partial charge in [0.2, 0.25) is 6.79 Å². The number of rotatable bonds is 2. The van der Waals surface area contributed by atoms with Gasteiger partial charge >= 0.3 is 0 Å². The van der Waals surface area contributed by atoms with Crippen LogP contribution < -0.4 is 20.2 Å². The topological polar surface area (TPSA) is 77.2 Å². The molecule has 2 N–H and O–H groups in total. The van der Waals surface area contributed by atoms with Crippen molar-refractivity contribution in [1.29, 1.82) is 0 Å². The van der Waals surface area contributed by atoms with Crippen LogP contribution in [0.15, 0.2) is 71.8 Å². The number of nitrogens with two attached hydrogens (primary N) is 1. The molecule has 2 aliphatic rings. The van der Waals surface area contributed by atoms with Crippen molar-refractivity contribution >= 4 is 23.0 Å². The van der Waals surface area contributed by atoms with Gasteiger partial charge in [0.25, 0.3) is 5.91 Å². The van der Waals surface area contributed by atoms with Gasteiger partial charge in [-0.15, -0.1) is 0 Å². The number of anilines is 2. The molecule has 0 spiro atoms. The van der Waals surface area contributed by atoms with Crippen molar-refractivity contribution in [1.82, 2.24) is 0 Å². The molecule has 0 saturated heterocycles. The molecule has 0 aliphatic carbocycles. The van der Waals surface area contributed by atoms with Gasteiger partial charge < -0.3 is 15.2 Å². The minimum Gasteiger partial charge on any atom is -0.454 e. The molecule has 0 bridgehead atoms. The summed E-state index contributed by atoms with van der Waals surface area (Å²) in [6.07, 6.45) is 0.205. The molecule has 0 saturated carbocycles. The predicted molar refractivity (Wildman–Crippen MR) is 107 cm³/mol. The average Bonchev–Trinajstić information content (AvgIpc) is 3.11. The fraction of sp³-hybridized carbons (Fsp3) is 0.0909. The fourth-order valence-corrected chi connectivity index (χ4v) is 3.42. The summed E-state index contributed by atoms with van der Waals surface area (Å²) in [7, 11) is 0. The summed E-state index contributed by atoms with van der Waals surface area (Å²) < 4.78 is 11.1. The van der Waals surface area contributed by atoms with E-state index in [1.54, 1.807) is 24.3 Å². The van der Waals surface area contributed by atoms with E-state index in [-0.39, 0.29) is 19.1 Å². The zero-order chi connectivity index (χ0) is 19.1. The number of nitrogens with zero attached hydrogens (tertiary/aromatic N) is 2. The molecular formula is C22H17N3O3. The molecule has 0 aromatic heterocycles. The number of carbonyl (C=O) groups excluding carboxylic acids is 1. The quantitative estimate of drug-likeness (QED) is 0.701. The zero-order valence-electron chi connectivity index (χ0n) is 15.0. The maximum absolute atomic E-state index is 13.1. The summed E-state index contributed by atoms with van der Waals surface area (Å²) in [5.41, 5.74) is 10.4. The SMILES string of the molecule is Nc1ccc(N2N=C(c3ccccc3)c3cc4c(cc3CC2=O)OCO4)cc1. The normalized spacial score (nSPS) is 15.1. The van der Waals surface area contributed by atoms with Crippen LogP contribution in [0.25, 0.3) is 0 Å². The molecule has 0 unspecified atom stereocenters. The maximum atomic E-state index is 13.1. The molecule has 0 atom stereocenters. The third kappa shape index (κ3) is 2.75. The number of ether oxygens (including phenoxy) is 2. The largest absolute Gasteiger partial charge is 0.454 e. The Balaban J connectivity index is 1.71. The Hall–Kier alpha value is -3.80. The number of fused-ring (bicyclic) bond motifs is 2. The van der Waals surface area contributed by atoms with Gasteiger partial charge in [0.15, 0.2) is 11.5 Å². The van der Waals surface area contributed by atoms with Gasteiger partial charge in [-0.05, 0) is 42.0 Å². The van der Waals surface area contributed by atoms with Crippen molar-refractivity contribution in [3.63, 3.8) is 0 Å². The second-order valence-electron chi connectivity index (χ2n) is 6.65. The van der Waals surface area contributed by atoms with E-state index in [0.717, 1.165) is 16.7 Å². The molecule has 3 aromatic rings. The summed E-state index contributed by atoms with van der Waals surface area (Å²) in [4.78, 5) is 13.1. The van der Waals surface area contributed by atoms with Crippen LogP contribution in [0, 0.1) is 0 Å². The summed E-state index contributed by atoms with van der Waals surface area (Å²) in [6.45, 7) is 0.182. The Morgan fingerprint density at radius 1 is 0.929 bits per heavy atom. The first-order valence-corrected chi connectivity index (χ1v) is 8.94. The number of carbonyl (C=O) groups is 1. The average molecular weight is 371 g/mol. The molecule has 2 aliphatic heterocycles. The molecule has 28 heavy (non-hydrogen) atoms. The highest BCUT2D eigenvalue weighted by molar-refractivity contribution is 6.17. The second-order valence-corrected chi connectivity index (χ2v) is 6.65.